The first kappa shape index (κ1) is 13.3. The van der Waals surface area contributed by atoms with Crippen molar-refractivity contribution < 1.29 is 17.9 Å². The van der Waals surface area contributed by atoms with Crippen LogP contribution in [-0.2, 0) is 25.0 Å². The average Bonchev–Trinajstić information content (AvgIpc) is 2.15. The van der Waals surface area contributed by atoms with Gasteiger partial charge < -0.3 is 4.74 Å². The van der Waals surface area contributed by atoms with E-state index in [1.54, 1.807) is 0 Å². The lowest BCUT2D eigenvalue weighted by molar-refractivity contribution is -0.139. The van der Waals surface area contributed by atoms with Gasteiger partial charge in [-0.1, -0.05) is 11.6 Å². The zero-order valence-corrected chi connectivity index (χ0v) is 10.6. The molecule has 0 aliphatic carbocycles. The summed E-state index contributed by atoms with van der Waals surface area (Å²) in [6.07, 6.45) is -0.196. The molecule has 0 aliphatic heterocycles. The number of halogens is 2. The molecule has 0 aliphatic rings. The summed E-state index contributed by atoms with van der Waals surface area (Å²) in [5.74, 6) is -0.566. The number of carbonyl (C=O) groups is 1. The first-order chi connectivity index (χ1) is 7.34. The third-order valence-electron chi connectivity index (χ3n) is 1.85. The standard InChI is InChI=1S/C9H8Cl2O4S/c1-15-9(12)5-6-4-7(10)2-3-8(6)16(11,13)14/h2-4H,5H2,1H3. The molecule has 4 nitrogen and oxygen atoms in total. The van der Waals surface area contributed by atoms with Gasteiger partial charge in [-0.25, -0.2) is 8.42 Å². The minimum Gasteiger partial charge on any atom is -0.469 e. The van der Waals surface area contributed by atoms with E-state index in [2.05, 4.69) is 4.74 Å². The lowest BCUT2D eigenvalue weighted by Gasteiger charge is -2.06. The summed E-state index contributed by atoms with van der Waals surface area (Å²) >= 11 is 5.70. The SMILES string of the molecule is COC(=O)Cc1cc(Cl)ccc1S(=O)(=O)Cl. The van der Waals surface area contributed by atoms with Gasteiger partial charge in [0.1, 0.15) is 0 Å². The molecule has 0 bridgehead atoms. The van der Waals surface area contributed by atoms with E-state index in [4.69, 9.17) is 22.3 Å². The Morgan fingerprint density at radius 2 is 2.06 bits per heavy atom. The number of rotatable bonds is 3. The topological polar surface area (TPSA) is 60.4 Å². The highest BCUT2D eigenvalue weighted by molar-refractivity contribution is 8.13. The number of methoxy groups -OCH3 is 1. The molecular formula is C9H8Cl2O4S. The van der Waals surface area contributed by atoms with Crippen LogP contribution in [0.15, 0.2) is 23.1 Å². The number of hydrogen-bond donors (Lipinski definition) is 0. The van der Waals surface area contributed by atoms with Gasteiger partial charge in [-0.2, -0.15) is 0 Å². The maximum atomic E-state index is 11.2. The van der Waals surface area contributed by atoms with Gasteiger partial charge in [0, 0.05) is 15.7 Å². The maximum Gasteiger partial charge on any atom is 0.310 e. The van der Waals surface area contributed by atoms with Crippen LogP contribution in [0.2, 0.25) is 5.02 Å². The fourth-order valence-corrected chi connectivity index (χ4v) is 2.47. The summed E-state index contributed by atoms with van der Waals surface area (Å²) < 4.78 is 26.9. The van der Waals surface area contributed by atoms with Crippen molar-refractivity contribution in [2.75, 3.05) is 7.11 Å². The van der Waals surface area contributed by atoms with E-state index in [-0.39, 0.29) is 16.9 Å². The monoisotopic (exact) mass is 282 g/mol. The highest BCUT2D eigenvalue weighted by Gasteiger charge is 2.18. The van der Waals surface area contributed by atoms with Crippen LogP contribution in [0.4, 0.5) is 0 Å². The molecule has 1 aromatic rings. The van der Waals surface area contributed by atoms with E-state index in [0.29, 0.717) is 5.02 Å². The summed E-state index contributed by atoms with van der Waals surface area (Å²) in [6.45, 7) is 0. The van der Waals surface area contributed by atoms with Gasteiger partial charge in [0.2, 0.25) is 0 Å². The summed E-state index contributed by atoms with van der Waals surface area (Å²) in [5, 5.41) is 0.322. The van der Waals surface area contributed by atoms with Crippen LogP contribution in [0, 0.1) is 0 Å². The van der Waals surface area contributed by atoms with E-state index in [1.807, 2.05) is 0 Å². The van der Waals surface area contributed by atoms with Gasteiger partial charge in [-0.05, 0) is 23.8 Å². The minimum absolute atomic E-state index is 0.135. The summed E-state index contributed by atoms with van der Waals surface area (Å²) in [5.41, 5.74) is 0.217. The number of esters is 1. The average molecular weight is 283 g/mol. The van der Waals surface area contributed by atoms with Crippen LogP contribution in [0.1, 0.15) is 5.56 Å². The van der Waals surface area contributed by atoms with Crippen molar-refractivity contribution in [2.45, 2.75) is 11.3 Å². The second kappa shape index (κ2) is 5.03. The van der Waals surface area contributed by atoms with Gasteiger partial charge in [0.15, 0.2) is 0 Å². The van der Waals surface area contributed by atoms with Crippen LogP contribution >= 0.6 is 22.3 Å². The van der Waals surface area contributed by atoms with Gasteiger partial charge >= 0.3 is 5.97 Å². The molecule has 0 saturated heterocycles. The first-order valence-corrected chi connectivity index (χ1v) is 6.83. The molecule has 1 rings (SSSR count). The van der Waals surface area contributed by atoms with Gasteiger partial charge in [-0.3, -0.25) is 4.79 Å². The molecule has 16 heavy (non-hydrogen) atoms. The van der Waals surface area contributed by atoms with Crippen LogP contribution < -0.4 is 0 Å². The Balaban J connectivity index is 3.24. The van der Waals surface area contributed by atoms with Crippen LogP contribution in [-0.4, -0.2) is 21.5 Å². The fourth-order valence-electron chi connectivity index (χ4n) is 1.15. The maximum absolute atomic E-state index is 11.2. The smallest absolute Gasteiger partial charge is 0.310 e. The highest BCUT2D eigenvalue weighted by Crippen LogP contribution is 2.24. The molecule has 0 atom stereocenters. The van der Waals surface area contributed by atoms with Crippen molar-refractivity contribution in [3.05, 3.63) is 28.8 Å². The Bertz CT molecular complexity index is 510. The molecular weight excluding hydrogens is 275 g/mol. The van der Waals surface area contributed by atoms with E-state index in [0.717, 1.165) is 0 Å². The number of carbonyl (C=O) groups excluding carboxylic acids is 1. The summed E-state index contributed by atoms with van der Waals surface area (Å²) in [6, 6.07) is 4.01. The normalized spacial score (nSPS) is 11.2. The third kappa shape index (κ3) is 3.37. The van der Waals surface area contributed by atoms with Gasteiger partial charge in [0.25, 0.3) is 9.05 Å². The molecule has 0 unspecified atom stereocenters. The largest absolute Gasteiger partial charge is 0.469 e. The molecule has 0 amide bonds. The highest BCUT2D eigenvalue weighted by atomic mass is 35.7. The van der Waals surface area contributed by atoms with Crippen molar-refractivity contribution in [1.29, 1.82) is 0 Å². The van der Waals surface area contributed by atoms with Crippen molar-refractivity contribution in [3.8, 4) is 0 Å². The fraction of sp³-hybridized carbons (Fsp3) is 0.222. The Labute approximate surface area is 103 Å². The van der Waals surface area contributed by atoms with Crippen molar-refractivity contribution in [3.63, 3.8) is 0 Å². The van der Waals surface area contributed by atoms with E-state index in [9.17, 15) is 13.2 Å². The van der Waals surface area contributed by atoms with Crippen molar-refractivity contribution >= 4 is 37.3 Å². The Morgan fingerprint density at radius 1 is 1.44 bits per heavy atom. The van der Waals surface area contributed by atoms with Crippen LogP contribution in [0.25, 0.3) is 0 Å². The third-order valence-corrected chi connectivity index (χ3v) is 3.51. The molecule has 0 radical (unpaired) electrons. The van der Waals surface area contributed by atoms with Crippen molar-refractivity contribution in [2.24, 2.45) is 0 Å². The summed E-state index contributed by atoms with van der Waals surface area (Å²) in [4.78, 5) is 10.9. The molecule has 0 fully saturated rings. The molecule has 0 saturated carbocycles. The predicted octanol–water partition coefficient (Wildman–Crippen LogP) is 1.98. The molecule has 0 aromatic heterocycles. The predicted molar refractivity (Wildman–Crippen MR) is 60.2 cm³/mol. The minimum atomic E-state index is -3.90. The summed E-state index contributed by atoms with van der Waals surface area (Å²) in [7, 11) is 2.53. The van der Waals surface area contributed by atoms with Gasteiger partial charge in [0.05, 0.1) is 18.4 Å². The lowest BCUT2D eigenvalue weighted by Crippen LogP contribution is -2.08. The number of ether oxygens (including phenoxy) is 1. The second-order valence-corrected chi connectivity index (χ2v) is 5.91. The molecule has 7 heteroatoms. The second-order valence-electron chi connectivity index (χ2n) is 2.94. The van der Waals surface area contributed by atoms with E-state index >= 15 is 0 Å². The first-order valence-electron chi connectivity index (χ1n) is 4.14. The van der Waals surface area contributed by atoms with E-state index < -0.39 is 15.0 Å². The zero-order valence-electron chi connectivity index (χ0n) is 8.24. The van der Waals surface area contributed by atoms with Crippen LogP contribution in [0.5, 0.6) is 0 Å². The van der Waals surface area contributed by atoms with Crippen LogP contribution in [0.3, 0.4) is 0 Å². The van der Waals surface area contributed by atoms with Crippen molar-refractivity contribution in [1.82, 2.24) is 0 Å². The number of hydrogen-bond acceptors (Lipinski definition) is 4. The Hall–Kier alpha value is -0.780. The zero-order chi connectivity index (χ0) is 12.3. The Kier molecular flexibility index (Phi) is 4.18. The lowest BCUT2D eigenvalue weighted by atomic mass is 10.1. The Morgan fingerprint density at radius 3 is 2.56 bits per heavy atom. The van der Waals surface area contributed by atoms with Gasteiger partial charge in [-0.15, -0.1) is 0 Å². The molecule has 0 heterocycles. The molecule has 0 N–H and O–H groups in total. The number of benzene rings is 1. The molecule has 1 aromatic carbocycles. The quantitative estimate of drug-likeness (QED) is 0.628. The molecule has 0 spiro atoms. The van der Waals surface area contributed by atoms with E-state index in [1.165, 1.54) is 25.3 Å². The molecule has 88 valence electrons.